The van der Waals surface area contributed by atoms with E-state index in [-0.39, 0.29) is 34.3 Å². The molecule has 0 aliphatic rings. The van der Waals surface area contributed by atoms with Crippen LogP contribution in [0.2, 0.25) is 0 Å². The number of benzene rings is 1. The van der Waals surface area contributed by atoms with Gasteiger partial charge >= 0.3 is 5.69 Å². The first-order valence-electron chi connectivity index (χ1n) is 11.4. The topological polar surface area (TPSA) is 100 Å². The number of aromatic nitrogens is 3. The highest BCUT2D eigenvalue weighted by atomic mass is 16.2. The third kappa shape index (κ3) is 5.96. The number of aromatic amines is 1. The zero-order valence-corrected chi connectivity index (χ0v) is 20.0. The largest absolute Gasteiger partial charge is 0.351 e. The number of hydrogen-bond acceptors (Lipinski definition) is 5. The van der Waals surface area contributed by atoms with Crippen molar-refractivity contribution >= 4 is 16.9 Å². The van der Waals surface area contributed by atoms with Crippen molar-refractivity contribution in [1.82, 2.24) is 24.8 Å². The fourth-order valence-electron chi connectivity index (χ4n) is 3.73. The van der Waals surface area contributed by atoms with Crippen LogP contribution >= 0.6 is 0 Å². The lowest BCUT2D eigenvalue weighted by Gasteiger charge is -2.18. The molecule has 0 unspecified atom stereocenters. The van der Waals surface area contributed by atoms with Crippen LogP contribution in [0.3, 0.4) is 0 Å². The Morgan fingerprint density at radius 3 is 2.48 bits per heavy atom. The maximum absolute atomic E-state index is 13.1. The number of pyridine rings is 1. The molecular weight excluding hydrogens is 418 g/mol. The molecule has 1 amide bonds. The quantitative estimate of drug-likeness (QED) is 0.521. The van der Waals surface area contributed by atoms with Gasteiger partial charge in [0.25, 0.3) is 11.5 Å². The summed E-state index contributed by atoms with van der Waals surface area (Å²) in [7, 11) is 1.99. The van der Waals surface area contributed by atoms with Crippen molar-refractivity contribution in [2.75, 3.05) is 20.1 Å². The van der Waals surface area contributed by atoms with Crippen molar-refractivity contribution in [3.63, 3.8) is 0 Å². The van der Waals surface area contributed by atoms with Gasteiger partial charge in [0.2, 0.25) is 0 Å². The van der Waals surface area contributed by atoms with Crippen molar-refractivity contribution in [3.05, 3.63) is 74.1 Å². The number of rotatable bonds is 9. The molecule has 0 saturated heterocycles. The predicted octanol–water partition coefficient (Wildman–Crippen LogP) is 2.73. The second-order valence-electron chi connectivity index (χ2n) is 9.19. The number of carbonyl (C=O) groups is 1. The predicted molar refractivity (Wildman–Crippen MR) is 131 cm³/mol. The number of hydrogen-bond donors (Lipinski definition) is 2. The number of fused-ring (bicyclic) bond motifs is 1. The molecule has 0 aliphatic carbocycles. The third-order valence-electron chi connectivity index (χ3n) is 5.43. The summed E-state index contributed by atoms with van der Waals surface area (Å²) in [5.41, 5.74) is 1.26. The van der Waals surface area contributed by atoms with Crippen LogP contribution in [0, 0.1) is 5.92 Å². The molecule has 0 fully saturated rings. The Kier molecular flexibility index (Phi) is 7.81. The molecule has 2 heterocycles. The van der Waals surface area contributed by atoms with E-state index in [1.54, 1.807) is 6.07 Å². The number of amides is 1. The molecule has 0 saturated carbocycles. The second kappa shape index (κ2) is 10.6. The van der Waals surface area contributed by atoms with E-state index in [0.717, 1.165) is 6.54 Å². The van der Waals surface area contributed by atoms with Crippen LogP contribution in [-0.2, 0) is 13.1 Å². The number of carbonyl (C=O) groups excluding carboxylic acids is 1. The number of nitrogens with zero attached hydrogens (tertiary/aromatic N) is 3. The second-order valence-corrected chi connectivity index (χ2v) is 9.19. The Morgan fingerprint density at radius 2 is 1.85 bits per heavy atom. The minimum Gasteiger partial charge on any atom is -0.351 e. The average Bonchev–Trinajstić information content (AvgIpc) is 2.76. The Hall–Kier alpha value is -3.26. The summed E-state index contributed by atoms with van der Waals surface area (Å²) in [6.45, 7) is 10.1. The van der Waals surface area contributed by atoms with E-state index < -0.39 is 11.2 Å². The first kappa shape index (κ1) is 24.4. The Bertz CT molecular complexity index is 1230. The highest BCUT2D eigenvalue weighted by molar-refractivity contribution is 6.05. The molecule has 0 atom stereocenters. The lowest BCUT2D eigenvalue weighted by Crippen LogP contribution is -2.36. The Morgan fingerprint density at radius 1 is 1.15 bits per heavy atom. The molecule has 8 heteroatoms. The summed E-state index contributed by atoms with van der Waals surface area (Å²) >= 11 is 0. The summed E-state index contributed by atoms with van der Waals surface area (Å²) in [6, 6.07) is 11.8. The Labute approximate surface area is 193 Å². The molecule has 1 aromatic carbocycles. The summed E-state index contributed by atoms with van der Waals surface area (Å²) in [4.78, 5) is 47.5. The number of H-pyrrole nitrogens is 1. The van der Waals surface area contributed by atoms with Crippen LogP contribution in [0.4, 0.5) is 0 Å². The van der Waals surface area contributed by atoms with Gasteiger partial charge in [-0.15, -0.1) is 0 Å². The van der Waals surface area contributed by atoms with E-state index in [1.807, 2.05) is 52.9 Å². The SMILES string of the molecule is CC(C)Cn1c(=O)[nH]c(=O)c2c(C(=O)NCCN(C)Cc3ccccc3)cc(C(C)C)nc21. The van der Waals surface area contributed by atoms with Gasteiger partial charge < -0.3 is 10.2 Å². The van der Waals surface area contributed by atoms with Crippen molar-refractivity contribution < 1.29 is 4.79 Å². The van der Waals surface area contributed by atoms with E-state index in [4.69, 9.17) is 0 Å². The highest BCUT2D eigenvalue weighted by Crippen LogP contribution is 2.20. The minimum absolute atomic E-state index is 0.0276. The van der Waals surface area contributed by atoms with Crippen LogP contribution in [0.5, 0.6) is 0 Å². The normalized spacial score (nSPS) is 11.6. The zero-order chi connectivity index (χ0) is 24.1. The van der Waals surface area contributed by atoms with Crippen LogP contribution in [-0.4, -0.2) is 45.5 Å². The molecule has 3 aromatic rings. The summed E-state index contributed by atoms with van der Waals surface area (Å²) in [5, 5.41) is 3.08. The van der Waals surface area contributed by atoms with Gasteiger partial charge in [0.1, 0.15) is 0 Å². The number of nitrogens with one attached hydrogen (secondary N) is 2. The molecule has 0 aliphatic heterocycles. The molecule has 2 N–H and O–H groups in total. The van der Waals surface area contributed by atoms with Crippen LogP contribution in [0.25, 0.3) is 11.0 Å². The van der Waals surface area contributed by atoms with Gasteiger partial charge in [-0.1, -0.05) is 58.0 Å². The van der Waals surface area contributed by atoms with Gasteiger partial charge in [-0.25, -0.2) is 9.78 Å². The minimum atomic E-state index is -0.593. The van der Waals surface area contributed by atoms with Gasteiger partial charge in [-0.05, 0) is 30.5 Å². The van der Waals surface area contributed by atoms with Gasteiger partial charge in [0, 0.05) is 31.9 Å². The van der Waals surface area contributed by atoms with E-state index >= 15 is 0 Å². The third-order valence-corrected chi connectivity index (χ3v) is 5.43. The molecule has 2 aromatic heterocycles. The first-order chi connectivity index (χ1) is 15.7. The van der Waals surface area contributed by atoms with Crippen molar-refractivity contribution in [2.45, 2.75) is 46.7 Å². The van der Waals surface area contributed by atoms with Gasteiger partial charge in [0.15, 0.2) is 5.65 Å². The van der Waals surface area contributed by atoms with Crippen molar-refractivity contribution in [3.8, 4) is 0 Å². The Balaban J connectivity index is 1.88. The fraction of sp³-hybridized carbons (Fsp3) is 0.440. The molecule has 0 bridgehead atoms. The lowest BCUT2D eigenvalue weighted by molar-refractivity contribution is 0.0951. The maximum atomic E-state index is 13.1. The molecular formula is C25H33N5O3. The summed E-state index contributed by atoms with van der Waals surface area (Å²) < 4.78 is 1.46. The van der Waals surface area contributed by atoms with E-state index in [2.05, 4.69) is 32.3 Å². The van der Waals surface area contributed by atoms with E-state index in [1.165, 1.54) is 10.1 Å². The van der Waals surface area contributed by atoms with E-state index in [0.29, 0.717) is 25.3 Å². The standard InChI is InChI=1S/C25H33N5O3/c1-16(2)14-30-22-21(24(32)28-25(30)33)19(13-20(27-22)17(3)4)23(31)26-11-12-29(5)15-18-9-7-6-8-10-18/h6-10,13,16-17H,11-12,14-15H2,1-5H3,(H,26,31)(H,28,32,33). The molecule has 33 heavy (non-hydrogen) atoms. The van der Waals surface area contributed by atoms with Crippen LogP contribution < -0.4 is 16.6 Å². The lowest BCUT2D eigenvalue weighted by atomic mass is 10.0. The van der Waals surface area contributed by atoms with Gasteiger partial charge in [-0.3, -0.25) is 19.1 Å². The highest BCUT2D eigenvalue weighted by Gasteiger charge is 2.20. The first-order valence-corrected chi connectivity index (χ1v) is 11.4. The van der Waals surface area contributed by atoms with Gasteiger partial charge in [0.05, 0.1) is 10.9 Å². The molecule has 0 radical (unpaired) electrons. The smallest absolute Gasteiger partial charge is 0.330 e. The molecule has 3 rings (SSSR count). The average molecular weight is 452 g/mol. The molecule has 8 nitrogen and oxygen atoms in total. The maximum Gasteiger partial charge on any atom is 0.330 e. The van der Waals surface area contributed by atoms with Crippen LogP contribution in [0.15, 0.2) is 46.0 Å². The van der Waals surface area contributed by atoms with Crippen molar-refractivity contribution in [2.24, 2.45) is 5.92 Å². The van der Waals surface area contributed by atoms with Gasteiger partial charge in [-0.2, -0.15) is 0 Å². The summed E-state index contributed by atoms with van der Waals surface area (Å²) in [6.07, 6.45) is 0. The molecule has 176 valence electrons. The van der Waals surface area contributed by atoms with Crippen molar-refractivity contribution in [1.29, 1.82) is 0 Å². The zero-order valence-electron chi connectivity index (χ0n) is 20.0. The molecule has 0 spiro atoms. The number of likely N-dealkylation sites (N-methyl/N-ethyl adjacent to an activating group) is 1. The fourth-order valence-corrected chi connectivity index (χ4v) is 3.73. The van der Waals surface area contributed by atoms with E-state index in [9.17, 15) is 14.4 Å². The van der Waals surface area contributed by atoms with Crippen LogP contribution in [0.1, 0.15) is 55.2 Å². The summed E-state index contributed by atoms with van der Waals surface area (Å²) in [5.74, 6) is -0.156. The monoisotopic (exact) mass is 451 g/mol.